The van der Waals surface area contributed by atoms with Crippen molar-refractivity contribution in [2.45, 2.75) is 4.90 Å². The fourth-order valence-electron chi connectivity index (χ4n) is 1.75. The minimum atomic E-state index is -3.87. The number of hydrogen-bond acceptors (Lipinski definition) is 5. The molecule has 0 spiro atoms. The molecule has 4 N–H and O–H groups in total. The smallest absolute Gasteiger partial charge is 0.273 e. The molecule has 8 nitrogen and oxygen atoms in total. The van der Waals surface area contributed by atoms with Gasteiger partial charge in [-0.25, -0.2) is 18.2 Å². The standard InChI is InChI=1S/C12H15N5O3S/c1-16(2)12(18)10-5-6-17(15-10)8-3-4-11(9(13)7-8)21(14,19)20/h3-7H,13H2,1-2H3,(H2,14,19,20). The summed E-state index contributed by atoms with van der Waals surface area (Å²) >= 11 is 0. The minimum Gasteiger partial charge on any atom is -0.398 e. The number of rotatable bonds is 3. The zero-order valence-corrected chi connectivity index (χ0v) is 12.3. The summed E-state index contributed by atoms with van der Waals surface area (Å²) in [6, 6.07) is 5.80. The van der Waals surface area contributed by atoms with E-state index in [0.717, 1.165) is 0 Å². The Morgan fingerprint density at radius 3 is 2.48 bits per heavy atom. The van der Waals surface area contributed by atoms with Crippen molar-refractivity contribution >= 4 is 21.6 Å². The average molecular weight is 309 g/mol. The van der Waals surface area contributed by atoms with Gasteiger partial charge in [-0.3, -0.25) is 4.79 Å². The largest absolute Gasteiger partial charge is 0.398 e. The van der Waals surface area contributed by atoms with E-state index < -0.39 is 10.0 Å². The van der Waals surface area contributed by atoms with Gasteiger partial charge in [0, 0.05) is 20.3 Å². The van der Waals surface area contributed by atoms with Crippen LogP contribution in [0.15, 0.2) is 35.4 Å². The molecule has 0 saturated heterocycles. The lowest BCUT2D eigenvalue weighted by atomic mass is 10.3. The molecule has 2 rings (SSSR count). The van der Waals surface area contributed by atoms with Gasteiger partial charge in [-0.05, 0) is 24.3 Å². The summed E-state index contributed by atoms with van der Waals surface area (Å²) in [6.07, 6.45) is 1.59. The molecular weight excluding hydrogens is 294 g/mol. The van der Waals surface area contributed by atoms with Gasteiger partial charge in [0.2, 0.25) is 10.0 Å². The Bertz CT molecular complexity index is 795. The lowest BCUT2D eigenvalue weighted by Crippen LogP contribution is -2.22. The van der Waals surface area contributed by atoms with E-state index in [1.807, 2.05) is 0 Å². The molecule has 1 amide bonds. The molecule has 0 aliphatic carbocycles. The number of hydrogen-bond donors (Lipinski definition) is 2. The van der Waals surface area contributed by atoms with Crippen LogP contribution in [0.5, 0.6) is 0 Å². The van der Waals surface area contributed by atoms with E-state index in [1.54, 1.807) is 26.4 Å². The third-order valence-corrected chi connectivity index (χ3v) is 3.76. The van der Waals surface area contributed by atoms with Gasteiger partial charge in [0.25, 0.3) is 5.91 Å². The second-order valence-electron chi connectivity index (χ2n) is 4.61. The maximum Gasteiger partial charge on any atom is 0.273 e. The van der Waals surface area contributed by atoms with Gasteiger partial charge in [-0.1, -0.05) is 0 Å². The summed E-state index contributed by atoms with van der Waals surface area (Å²) in [4.78, 5) is 13.0. The van der Waals surface area contributed by atoms with Crippen molar-refractivity contribution < 1.29 is 13.2 Å². The van der Waals surface area contributed by atoms with Crippen LogP contribution < -0.4 is 10.9 Å². The van der Waals surface area contributed by atoms with Crippen molar-refractivity contribution in [1.82, 2.24) is 14.7 Å². The van der Waals surface area contributed by atoms with Crippen LogP contribution in [-0.2, 0) is 10.0 Å². The van der Waals surface area contributed by atoms with Crippen LogP contribution in [0.1, 0.15) is 10.5 Å². The number of anilines is 1. The highest BCUT2D eigenvalue weighted by molar-refractivity contribution is 7.89. The predicted octanol–water partition coefficient (Wildman–Crippen LogP) is -0.196. The van der Waals surface area contributed by atoms with E-state index in [9.17, 15) is 13.2 Å². The number of carbonyl (C=O) groups is 1. The van der Waals surface area contributed by atoms with Gasteiger partial charge in [0.15, 0.2) is 5.69 Å². The number of amides is 1. The molecule has 0 unspecified atom stereocenters. The van der Waals surface area contributed by atoms with Gasteiger partial charge >= 0.3 is 0 Å². The first kappa shape index (κ1) is 15.0. The maximum atomic E-state index is 11.8. The molecule has 0 fully saturated rings. The maximum absolute atomic E-state index is 11.8. The first-order valence-corrected chi connectivity index (χ1v) is 7.45. The SMILES string of the molecule is CN(C)C(=O)c1ccn(-c2ccc(S(N)(=O)=O)c(N)c2)n1. The van der Waals surface area contributed by atoms with Crippen LogP contribution in [0, 0.1) is 0 Å². The number of carbonyl (C=O) groups excluding carboxylic acids is 1. The van der Waals surface area contributed by atoms with E-state index in [2.05, 4.69) is 5.10 Å². The summed E-state index contributed by atoms with van der Waals surface area (Å²) in [5.74, 6) is -0.233. The van der Waals surface area contributed by atoms with E-state index in [-0.39, 0.29) is 22.2 Å². The van der Waals surface area contributed by atoms with E-state index in [1.165, 1.54) is 27.8 Å². The van der Waals surface area contributed by atoms with Crippen LogP contribution in [0.25, 0.3) is 5.69 Å². The molecule has 9 heteroatoms. The molecule has 1 aromatic heterocycles. The van der Waals surface area contributed by atoms with Gasteiger partial charge in [0.05, 0.1) is 11.4 Å². The van der Waals surface area contributed by atoms with Crippen LogP contribution >= 0.6 is 0 Å². The summed E-state index contributed by atoms with van der Waals surface area (Å²) in [6.45, 7) is 0. The molecule has 1 aromatic carbocycles. The number of aromatic nitrogens is 2. The van der Waals surface area contributed by atoms with Crippen molar-refractivity contribution in [3.8, 4) is 5.69 Å². The Morgan fingerprint density at radius 1 is 1.29 bits per heavy atom. The molecule has 112 valence electrons. The zero-order valence-electron chi connectivity index (χ0n) is 11.5. The number of nitrogens with two attached hydrogens (primary N) is 2. The quantitative estimate of drug-likeness (QED) is 0.760. The van der Waals surface area contributed by atoms with Gasteiger partial charge < -0.3 is 10.6 Å². The topological polar surface area (TPSA) is 124 Å². The van der Waals surface area contributed by atoms with Gasteiger partial charge in [-0.2, -0.15) is 5.10 Å². The predicted molar refractivity (Wildman–Crippen MR) is 77.4 cm³/mol. The number of nitrogens with zero attached hydrogens (tertiary/aromatic N) is 3. The number of nitrogen functional groups attached to an aromatic ring is 1. The van der Waals surface area contributed by atoms with Crippen LogP contribution in [0.4, 0.5) is 5.69 Å². The lowest BCUT2D eigenvalue weighted by Gasteiger charge is -2.08. The first-order chi connectivity index (χ1) is 9.70. The molecule has 0 aliphatic rings. The molecule has 1 heterocycles. The molecule has 0 radical (unpaired) electrons. The van der Waals surface area contributed by atoms with E-state index in [0.29, 0.717) is 5.69 Å². The first-order valence-electron chi connectivity index (χ1n) is 5.90. The second kappa shape index (κ2) is 5.19. The van der Waals surface area contributed by atoms with Crippen LogP contribution in [-0.4, -0.2) is 43.1 Å². The van der Waals surface area contributed by atoms with Crippen molar-refractivity contribution in [2.24, 2.45) is 5.14 Å². The molecule has 0 bridgehead atoms. The van der Waals surface area contributed by atoms with Crippen molar-refractivity contribution in [2.75, 3.05) is 19.8 Å². The summed E-state index contributed by atoms with van der Waals surface area (Å²) in [5.41, 5.74) is 6.50. The van der Waals surface area contributed by atoms with E-state index >= 15 is 0 Å². The summed E-state index contributed by atoms with van der Waals surface area (Å²) < 4.78 is 24.0. The van der Waals surface area contributed by atoms with Crippen molar-refractivity contribution in [3.63, 3.8) is 0 Å². The summed E-state index contributed by atoms with van der Waals surface area (Å²) in [5, 5.41) is 9.17. The number of sulfonamides is 1. The van der Waals surface area contributed by atoms with Crippen LogP contribution in [0.2, 0.25) is 0 Å². The average Bonchev–Trinajstić information content (AvgIpc) is 2.85. The van der Waals surface area contributed by atoms with Crippen molar-refractivity contribution in [3.05, 3.63) is 36.2 Å². The molecule has 0 atom stereocenters. The monoisotopic (exact) mass is 309 g/mol. The molecular formula is C12H15N5O3S. The van der Waals surface area contributed by atoms with E-state index in [4.69, 9.17) is 10.9 Å². The highest BCUT2D eigenvalue weighted by Gasteiger charge is 2.15. The zero-order chi connectivity index (χ0) is 15.8. The fraction of sp³-hybridized carbons (Fsp3) is 0.167. The Labute approximate surface area is 122 Å². The normalized spacial score (nSPS) is 11.4. The molecule has 0 saturated carbocycles. The van der Waals surface area contributed by atoms with Crippen LogP contribution in [0.3, 0.4) is 0 Å². The molecule has 0 aliphatic heterocycles. The number of primary sulfonamides is 1. The third-order valence-electron chi connectivity index (χ3n) is 2.78. The Kier molecular flexibility index (Phi) is 3.71. The second-order valence-corrected chi connectivity index (χ2v) is 6.14. The number of benzene rings is 1. The lowest BCUT2D eigenvalue weighted by molar-refractivity contribution is 0.0821. The minimum absolute atomic E-state index is 0.0194. The highest BCUT2D eigenvalue weighted by atomic mass is 32.2. The molecule has 2 aromatic rings. The third kappa shape index (κ3) is 3.03. The van der Waals surface area contributed by atoms with Crippen molar-refractivity contribution in [1.29, 1.82) is 0 Å². The summed E-state index contributed by atoms with van der Waals surface area (Å²) in [7, 11) is -0.617. The molecule has 21 heavy (non-hydrogen) atoms. The fourth-order valence-corrected chi connectivity index (χ4v) is 2.39. The Morgan fingerprint density at radius 2 is 1.95 bits per heavy atom. The van der Waals surface area contributed by atoms with Gasteiger partial charge in [0.1, 0.15) is 4.90 Å². The highest BCUT2D eigenvalue weighted by Crippen LogP contribution is 2.20. The van der Waals surface area contributed by atoms with Gasteiger partial charge in [-0.15, -0.1) is 0 Å². The Hall–Kier alpha value is -2.39. The Balaban J connectivity index is 2.40.